The molecule has 30 heavy (non-hydrogen) atoms. The van der Waals surface area contributed by atoms with E-state index in [-0.39, 0.29) is 5.97 Å². The van der Waals surface area contributed by atoms with Crippen molar-refractivity contribution in [3.05, 3.63) is 69.0 Å². The van der Waals surface area contributed by atoms with Crippen LogP contribution in [0.4, 0.5) is 5.69 Å². The Morgan fingerprint density at radius 3 is 2.60 bits per heavy atom. The minimum atomic E-state index is -0.333. The molecule has 0 N–H and O–H groups in total. The SMILES string of the molecule is CCN(C)C=Nc1cc(C)c(Cc2nc(-c3ccc(C(=O)OC)cc3)cs2)cc1C. The minimum Gasteiger partial charge on any atom is -0.465 e. The van der Waals surface area contributed by atoms with E-state index in [4.69, 9.17) is 9.72 Å². The molecule has 2 aromatic carbocycles. The molecule has 0 fully saturated rings. The molecular weight excluding hydrogens is 394 g/mol. The van der Waals surface area contributed by atoms with Crippen LogP contribution < -0.4 is 0 Å². The van der Waals surface area contributed by atoms with Gasteiger partial charge in [-0.1, -0.05) is 18.2 Å². The van der Waals surface area contributed by atoms with Gasteiger partial charge in [0.2, 0.25) is 0 Å². The summed E-state index contributed by atoms with van der Waals surface area (Å²) < 4.78 is 4.75. The number of rotatable bonds is 7. The number of carbonyl (C=O) groups is 1. The maximum atomic E-state index is 11.6. The normalized spacial score (nSPS) is 11.1. The monoisotopic (exact) mass is 421 g/mol. The molecule has 0 aliphatic carbocycles. The van der Waals surface area contributed by atoms with E-state index in [1.165, 1.54) is 18.2 Å². The standard InChI is InChI=1S/C24H27N3O2S/c1-6-27(4)15-25-21-12-16(2)20(11-17(21)3)13-23-26-22(14-30-23)18-7-9-19(10-8-18)24(28)29-5/h7-12,14-15H,6,13H2,1-5H3. The summed E-state index contributed by atoms with van der Waals surface area (Å²) in [6.07, 6.45) is 2.66. The van der Waals surface area contributed by atoms with Gasteiger partial charge in [0, 0.05) is 31.0 Å². The molecule has 0 saturated heterocycles. The number of ether oxygens (including phenoxy) is 1. The van der Waals surface area contributed by atoms with Gasteiger partial charge in [0.25, 0.3) is 0 Å². The predicted octanol–water partition coefficient (Wildman–Crippen LogP) is 5.42. The summed E-state index contributed by atoms with van der Waals surface area (Å²) in [4.78, 5) is 23.1. The van der Waals surface area contributed by atoms with Crippen molar-refractivity contribution in [2.45, 2.75) is 27.2 Å². The Balaban J connectivity index is 1.76. The van der Waals surface area contributed by atoms with Gasteiger partial charge in [-0.15, -0.1) is 11.3 Å². The van der Waals surface area contributed by atoms with Crippen molar-refractivity contribution in [3.8, 4) is 11.3 Å². The zero-order chi connectivity index (χ0) is 21.7. The lowest BCUT2D eigenvalue weighted by atomic mass is 10.0. The van der Waals surface area contributed by atoms with Gasteiger partial charge in [-0.3, -0.25) is 0 Å². The Morgan fingerprint density at radius 1 is 1.20 bits per heavy atom. The first-order valence-electron chi connectivity index (χ1n) is 9.89. The van der Waals surface area contributed by atoms with Crippen LogP contribution in [0.2, 0.25) is 0 Å². The van der Waals surface area contributed by atoms with E-state index in [0.717, 1.165) is 40.5 Å². The number of nitrogens with zero attached hydrogens (tertiary/aromatic N) is 3. The van der Waals surface area contributed by atoms with Gasteiger partial charge in [-0.25, -0.2) is 14.8 Å². The van der Waals surface area contributed by atoms with Crippen LogP contribution in [-0.2, 0) is 11.2 Å². The number of aryl methyl sites for hydroxylation is 2. The first-order chi connectivity index (χ1) is 14.4. The summed E-state index contributed by atoms with van der Waals surface area (Å²) in [5.41, 5.74) is 7.08. The van der Waals surface area contributed by atoms with Crippen LogP contribution in [0.3, 0.4) is 0 Å². The first-order valence-corrected chi connectivity index (χ1v) is 10.8. The molecule has 0 spiro atoms. The fourth-order valence-electron chi connectivity index (χ4n) is 3.02. The molecule has 0 aliphatic heterocycles. The second-order valence-electron chi connectivity index (χ2n) is 7.26. The highest BCUT2D eigenvalue weighted by molar-refractivity contribution is 7.10. The summed E-state index contributed by atoms with van der Waals surface area (Å²) in [5, 5.41) is 3.12. The average molecular weight is 422 g/mol. The van der Waals surface area contributed by atoms with E-state index >= 15 is 0 Å². The van der Waals surface area contributed by atoms with Crippen molar-refractivity contribution < 1.29 is 9.53 Å². The smallest absolute Gasteiger partial charge is 0.337 e. The highest BCUT2D eigenvalue weighted by Crippen LogP contribution is 2.28. The van der Waals surface area contributed by atoms with Crippen molar-refractivity contribution in [1.29, 1.82) is 0 Å². The molecular formula is C24H27N3O2S. The van der Waals surface area contributed by atoms with Crippen molar-refractivity contribution in [2.24, 2.45) is 4.99 Å². The quantitative estimate of drug-likeness (QED) is 0.291. The van der Waals surface area contributed by atoms with Crippen LogP contribution in [0.1, 0.15) is 39.0 Å². The molecule has 0 atom stereocenters. The fraction of sp³-hybridized carbons (Fsp3) is 0.292. The van der Waals surface area contributed by atoms with Gasteiger partial charge in [0.05, 0.1) is 35.4 Å². The molecule has 3 aromatic rings. The van der Waals surface area contributed by atoms with Gasteiger partial charge in [0.1, 0.15) is 0 Å². The molecule has 0 saturated carbocycles. The lowest BCUT2D eigenvalue weighted by Crippen LogP contribution is -2.14. The van der Waals surface area contributed by atoms with Gasteiger partial charge < -0.3 is 9.64 Å². The average Bonchev–Trinajstić information content (AvgIpc) is 3.22. The van der Waals surface area contributed by atoms with E-state index in [1.54, 1.807) is 23.5 Å². The number of aliphatic imine (C=N–C) groups is 1. The Bertz CT molecular complexity index is 1050. The Labute approximate surface area is 182 Å². The van der Waals surface area contributed by atoms with Crippen LogP contribution in [0, 0.1) is 13.8 Å². The van der Waals surface area contributed by atoms with E-state index in [1.807, 2.05) is 25.5 Å². The van der Waals surface area contributed by atoms with Gasteiger partial charge in [-0.05, 0) is 55.7 Å². The minimum absolute atomic E-state index is 0.333. The Morgan fingerprint density at radius 2 is 1.93 bits per heavy atom. The third-order valence-corrected chi connectivity index (χ3v) is 5.89. The van der Waals surface area contributed by atoms with E-state index in [9.17, 15) is 4.79 Å². The maximum absolute atomic E-state index is 11.6. The first kappa shape index (κ1) is 21.7. The third-order valence-electron chi connectivity index (χ3n) is 5.04. The second-order valence-corrected chi connectivity index (χ2v) is 8.20. The highest BCUT2D eigenvalue weighted by Gasteiger charge is 2.11. The Kier molecular flexibility index (Phi) is 7.00. The molecule has 5 nitrogen and oxygen atoms in total. The number of benzene rings is 2. The van der Waals surface area contributed by atoms with Crippen LogP contribution in [0.15, 0.2) is 46.8 Å². The van der Waals surface area contributed by atoms with Crippen LogP contribution >= 0.6 is 11.3 Å². The largest absolute Gasteiger partial charge is 0.465 e. The molecule has 0 radical (unpaired) electrons. The van der Waals surface area contributed by atoms with E-state index in [2.05, 4.69) is 48.2 Å². The molecule has 0 aliphatic rings. The zero-order valence-electron chi connectivity index (χ0n) is 18.1. The number of thiazole rings is 1. The van der Waals surface area contributed by atoms with Crippen LogP contribution in [-0.4, -0.2) is 42.9 Å². The van der Waals surface area contributed by atoms with Crippen molar-refractivity contribution in [3.63, 3.8) is 0 Å². The van der Waals surface area contributed by atoms with Crippen molar-refractivity contribution >= 4 is 29.3 Å². The molecule has 3 rings (SSSR count). The summed E-state index contributed by atoms with van der Waals surface area (Å²) in [6, 6.07) is 11.7. The summed E-state index contributed by atoms with van der Waals surface area (Å²) in [5.74, 6) is -0.333. The second kappa shape index (κ2) is 9.67. The third kappa shape index (κ3) is 5.13. The number of aromatic nitrogens is 1. The Hall–Kier alpha value is -2.99. The van der Waals surface area contributed by atoms with E-state index in [0.29, 0.717) is 5.56 Å². The number of hydrogen-bond donors (Lipinski definition) is 0. The summed E-state index contributed by atoms with van der Waals surface area (Å²) >= 11 is 1.65. The van der Waals surface area contributed by atoms with Crippen molar-refractivity contribution in [2.75, 3.05) is 20.7 Å². The molecule has 1 aromatic heterocycles. The topological polar surface area (TPSA) is 54.8 Å². The number of hydrogen-bond acceptors (Lipinski definition) is 5. The molecule has 0 amide bonds. The summed E-state index contributed by atoms with van der Waals surface area (Å²) in [7, 11) is 3.40. The fourth-order valence-corrected chi connectivity index (χ4v) is 3.84. The highest BCUT2D eigenvalue weighted by atomic mass is 32.1. The van der Waals surface area contributed by atoms with Crippen LogP contribution in [0.25, 0.3) is 11.3 Å². The van der Waals surface area contributed by atoms with Crippen LogP contribution in [0.5, 0.6) is 0 Å². The predicted molar refractivity (Wildman–Crippen MR) is 124 cm³/mol. The molecule has 0 unspecified atom stereocenters. The summed E-state index contributed by atoms with van der Waals surface area (Å²) in [6.45, 7) is 7.25. The number of methoxy groups -OCH3 is 1. The van der Waals surface area contributed by atoms with Gasteiger partial charge in [0.15, 0.2) is 0 Å². The van der Waals surface area contributed by atoms with Gasteiger partial charge >= 0.3 is 5.97 Å². The molecule has 6 heteroatoms. The number of esters is 1. The molecule has 156 valence electrons. The number of carbonyl (C=O) groups excluding carboxylic acids is 1. The molecule has 1 heterocycles. The lowest BCUT2D eigenvalue weighted by Gasteiger charge is -2.11. The molecule has 0 bridgehead atoms. The van der Waals surface area contributed by atoms with Gasteiger partial charge in [-0.2, -0.15) is 0 Å². The van der Waals surface area contributed by atoms with E-state index < -0.39 is 0 Å². The maximum Gasteiger partial charge on any atom is 0.337 e. The lowest BCUT2D eigenvalue weighted by molar-refractivity contribution is 0.0601. The van der Waals surface area contributed by atoms with Crippen molar-refractivity contribution in [1.82, 2.24) is 9.88 Å². The zero-order valence-corrected chi connectivity index (χ0v) is 18.9.